The second-order valence-corrected chi connectivity index (χ2v) is 8.22. The van der Waals surface area contributed by atoms with Gasteiger partial charge in [0.2, 0.25) is 5.13 Å². The molecule has 2 aromatic carbocycles. The van der Waals surface area contributed by atoms with Gasteiger partial charge >= 0.3 is 0 Å². The number of halogens is 2. The van der Waals surface area contributed by atoms with E-state index in [4.69, 9.17) is 0 Å². The number of carbonyl (C=O) groups is 1. The van der Waals surface area contributed by atoms with Crippen LogP contribution in [0.1, 0.15) is 15.9 Å². The number of carbonyl (C=O) groups excluding carboxylic acids is 1. The van der Waals surface area contributed by atoms with Gasteiger partial charge in [0.05, 0.1) is 9.40 Å². The molecule has 0 atom stereocenters. The summed E-state index contributed by atoms with van der Waals surface area (Å²) in [6.07, 6.45) is 0. The molecule has 0 aliphatic carbocycles. The first-order valence-corrected chi connectivity index (χ1v) is 9.98. The van der Waals surface area contributed by atoms with Gasteiger partial charge in [0.15, 0.2) is 4.34 Å². The fourth-order valence-corrected chi connectivity index (χ4v) is 4.10. The van der Waals surface area contributed by atoms with Crippen molar-refractivity contribution in [3.8, 4) is 0 Å². The molecule has 3 rings (SSSR count). The fourth-order valence-electron chi connectivity index (χ4n) is 2.01. The Morgan fingerprint density at radius 1 is 1.26 bits per heavy atom. The highest BCUT2D eigenvalue weighted by atomic mass is 79.9. The van der Waals surface area contributed by atoms with Crippen molar-refractivity contribution in [2.75, 3.05) is 5.32 Å². The minimum Gasteiger partial charge on any atom is -0.296 e. The standard InChI is InChI=1S/C16H10BrFN4O3S2/c17-12-6-3-10(7-13(12)22(24)25)14(23)19-15-20-21-16(27-15)26-8-9-1-4-11(18)5-2-9/h1-7H,8H2,(H,19,20,23). The molecule has 7 nitrogen and oxygen atoms in total. The molecule has 11 heteroatoms. The van der Waals surface area contributed by atoms with E-state index in [-0.39, 0.29) is 22.2 Å². The van der Waals surface area contributed by atoms with Crippen molar-refractivity contribution in [2.24, 2.45) is 0 Å². The van der Waals surface area contributed by atoms with Gasteiger partial charge in [-0.1, -0.05) is 35.2 Å². The van der Waals surface area contributed by atoms with E-state index in [0.717, 1.165) is 5.56 Å². The van der Waals surface area contributed by atoms with Crippen LogP contribution in [0.4, 0.5) is 15.2 Å². The lowest BCUT2D eigenvalue weighted by atomic mass is 10.2. The summed E-state index contributed by atoms with van der Waals surface area (Å²) < 4.78 is 13.8. The molecule has 0 spiro atoms. The largest absolute Gasteiger partial charge is 0.296 e. The number of anilines is 1. The van der Waals surface area contributed by atoms with E-state index in [1.165, 1.54) is 53.4 Å². The molecule has 0 fully saturated rings. The fraction of sp³-hybridized carbons (Fsp3) is 0.0625. The van der Waals surface area contributed by atoms with Crippen LogP contribution in [0, 0.1) is 15.9 Å². The van der Waals surface area contributed by atoms with Crippen molar-refractivity contribution in [2.45, 2.75) is 10.1 Å². The minimum absolute atomic E-state index is 0.139. The average Bonchev–Trinajstić information content (AvgIpc) is 3.08. The van der Waals surface area contributed by atoms with Crippen LogP contribution in [0.3, 0.4) is 0 Å². The molecule has 0 saturated carbocycles. The normalized spacial score (nSPS) is 10.6. The molecule has 1 heterocycles. The molecule has 3 aromatic rings. The molecular weight excluding hydrogens is 459 g/mol. The van der Waals surface area contributed by atoms with E-state index in [1.807, 2.05) is 0 Å². The zero-order chi connectivity index (χ0) is 19.4. The molecule has 0 radical (unpaired) electrons. The quantitative estimate of drug-likeness (QED) is 0.239. The van der Waals surface area contributed by atoms with Gasteiger partial charge in [0, 0.05) is 17.4 Å². The average molecular weight is 469 g/mol. The Kier molecular flexibility index (Phi) is 6.14. The van der Waals surface area contributed by atoms with Crippen LogP contribution in [-0.2, 0) is 5.75 Å². The van der Waals surface area contributed by atoms with Crippen LogP contribution in [0.2, 0.25) is 0 Å². The topological polar surface area (TPSA) is 98.0 Å². The van der Waals surface area contributed by atoms with Crippen molar-refractivity contribution >= 4 is 55.8 Å². The molecule has 27 heavy (non-hydrogen) atoms. The molecule has 0 aliphatic heterocycles. The van der Waals surface area contributed by atoms with Gasteiger partial charge in [-0.2, -0.15) is 0 Å². The van der Waals surface area contributed by atoms with E-state index in [2.05, 4.69) is 31.4 Å². The zero-order valence-electron chi connectivity index (χ0n) is 13.4. The molecule has 1 aromatic heterocycles. The second kappa shape index (κ2) is 8.55. The molecule has 0 aliphatic rings. The number of nitrogens with zero attached hydrogens (tertiary/aromatic N) is 3. The minimum atomic E-state index is -0.573. The second-order valence-electron chi connectivity index (χ2n) is 5.17. The summed E-state index contributed by atoms with van der Waals surface area (Å²) >= 11 is 5.66. The Morgan fingerprint density at radius 2 is 2.00 bits per heavy atom. The number of nitro groups is 1. The van der Waals surface area contributed by atoms with Gasteiger partial charge in [-0.05, 0) is 45.8 Å². The van der Waals surface area contributed by atoms with E-state index in [9.17, 15) is 19.3 Å². The lowest BCUT2D eigenvalue weighted by molar-refractivity contribution is -0.385. The Labute approximate surface area is 169 Å². The number of nitrogens with one attached hydrogen (secondary N) is 1. The van der Waals surface area contributed by atoms with Crippen LogP contribution >= 0.6 is 39.0 Å². The Hall–Kier alpha value is -2.37. The van der Waals surface area contributed by atoms with Crippen molar-refractivity contribution in [1.29, 1.82) is 0 Å². The summed E-state index contributed by atoms with van der Waals surface area (Å²) in [6.45, 7) is 0. The SMILES string of the molecule is O=C(Nc1nnc(SCc2ccc(F)cc2)s1)c1ccc(Br)c([N+](=O)[O-])c1. The zero-order valence-corrected chi connectivity index (χ0v) is 16.6. The summed E-state index contributed by atoms with van der Waals surface area (Å²) in [7, 11) is 0. The van der Waals surface area contributed by atoms with Crippen LogP contribution in [-0.4, -0.2) is 21.0 Å². The van der Waals surface area contributed by atoms with Crippen LogP contribution in [0.25, 0.3) is 0 Å². The van der Waals surface area contributed by atoms with Gasteiger partial charge in [0.25, 0.3) is 11.6 Å². The first kappa shape index (κ1) is 19.4. The summed E-state index contributed by atoms with van der Waals surface area (Å²) in [5, 5.41) is 21.7. The maximum atomic E-state index is 12.9. The van der Waals surface area contributed by atoms with Crippen LogP contribution in [0.15, 0.2) is 51.3 Å². The van der Waals surface area contributed by atoms with Crippen LogP contribution in [0.5, 0.6) is 0 Å². The summed E-state index contributed by atoms with van der Waals surface area (Å²) in [6, 6.07) is 10.2. The molecule has 0 bridgehead atoms. The summed E-state index contributed by atoms with van der Waals surface area (Å²) in [5.74, 6) is -0.225. The van der Waals surface area contributed by atoms with E-state index >= 15 is 0 Å². The summed E-state index contributed by atoms with van der Waals surface area (Å²) in [5.41, 5.74) is 0.875. The molecule has 0 saturated heterocycles. The van der Waals surface area contributed by atoms with Gasteiger partial charge in [-0.25, -0.2) is 4.39 Å². The smallest absolute Gasteiger partial charge is 0.284 e. The lowest BCUT2D eigenvalue weighted by Crippen LogP contribution is -2.12. The molecule has 1 N–H and O–H groups in total. The van der Waals surface area contributed by atoms with E-state index < -0.39 is 10.8 Å². The van der Waals surface area contributed by atoms with Gasteiger partial charge in [-0.15, -0.1) is 10.2 Å². The van der Waals surface area contributed by atoms with Gasteiger partial charge in [-0.3, -0.25) is 20.2 Å². The highest BCUT2D eigenvalue weighted by Gasteiger charge is 2.17. The number of aromatic nitrogens is 2. The van der Waals surface area contributed by atoms with Crippen molar-refractivity contribution in [3.05, 3.63) is 74.0 Å². The van der Waals surface area contributed by atoms with E-state index in [0.29, 0.717) is 14.6 Å². The highest BCUT2D eigenvalue weighted by Crippen LogP contribution is 2.29. The molecule has 1 amide bonds. The Bertz CT molecular complexity index is 998. The van der Waals surface area contributed by atoms with Crippen molar-refractivity contribution in [3.63, 3.8) is 0 Å². The number of hydrogen-bond donors (Lipinski definition) is 1. The first-order valence-electron chi connectivity index (χ1n) is 7.38. The number of benzene rings is 2. The highest BCUT2D eigenvalue weighted by molar-refractivity contribution is 9.10. The van der Waals surface area contributed by atoms with Gasteiger partial charge in [0.1, 0.15) is 5.82 Å². The number of hydrogen-bond acceptors (Lipinski definition) is 7. The number of amides is 1. The third-order valence-electron chi connectivity index (χ3n) is 3.31. The monoisotopic (exact) mass is 468 g/mol. The maximum absolute atomic E-state index is 12.9. The predicted molar refractivity (Wildman–Crippen MR) is 105 cm³/mol. The molecular formula is C16H10BrFN4O3S2. The van der Waals surface area contributed by atoms with Crippen LogP contribution < -0.4 is 5.32 Å². The number of thioether (sulfide) groups is 1. The lowest BCUT2D eigenvalue weighted by Gasteiger charge is -2.02. The first-order chi connectivity index (χ1) is 12.9. The predicted octanol–water partition coefficient (Wildman–Crippen LogP) is 4.89. The molecule has 138 valence electrons. The summed E-state index contributed by atoms with van der Waals surface area (Å²) in [4.78, 5) is 22.7. The molecule has 0 unspecified atom stereocenters. The van der Waals surface area contributed by atoms with Gasteiger partial charge < -0.3 is 0 Å². The Balaban J connectivity index is 1.63. The van der Waals surface area contributed by atoms with Crippen molar-refractivity contribution in [1.82, 2.24) is 10.2 Å². The third kappa shape index (κ3) is 5.08. The number of rotatable bonds is 6. The maximum Gasteiger partial charge on any atom is 0.284 e. The third-order valence-corrected chi connectivity index (χ3v) is 6.02. The Morgan fingerprint density at radius 3 is 2.70 bits per heavy atom. The van der Waals surface area contributed by atoms with E-state index in [1.54, 1.807) is 12.1 Å². The number of nitro benzene ring substituents is 1. The van der Waals surface area contributed by atoms with Crippen molar-refractivity contribution < 1.29 is 14.1 Å².